The summed E-state index contributed by atoms with van der Waals surface area (Å²) in [6, 6.07) is 3.31. The highest BCUT2D eigenvalue weighted by Gasteiger charge is 2.23. The van der Waals surface area contributed by atoms with Gasteiger partial charge in [0.25, 0.3) is 0 Å². The van der Waals surface area contributed by atoms with Crippen LogP contribution in [0, 0.1) is 0 Å². The fourth-order valence-corrected chi connectivity index (χ4v) is 2.28. The Morgan fingerprint density at radius 2 is 2.16 bits per heavy atom. The molecule has 6 heteroatoms. The summed E-state index contributed by atoms with van der Waals surface area (Å²) in [5.41, 5.74) is 0.133. The summed E-state index contributed by atoms with van der Waals surface area (Å²) < 4.78 is 6.72. The molecule has 104 valence electrons. The van der Waals surface area contributed by atoms with Crippen LogP contribution in [0.2, 0.25) is 0 Å². The molecule has 0 radical (unpaired) electrons. The van der Waals surface area contributed by atoms with E-state index >= 15 is 0 Å². The molecule has 1 aliphatic rings. The first-order chi connectivity index (χ1) is 9.09. The number of amides is 1. The van der Waals surface area contributed by atoms with Gasteiger partial charge >= 0.3 is 5.97 Å². The van der Waals surface area contributed by atoms with Crippen LogP contribution in [0.5, 0.6) is 0 Å². The molecule has 1 aromatic heterocycles. The highest BCUT2D eigenvalue weighted by atomic mass is 16.5. The van der Waals surface area contributed by atoms with E-state index < -0.39 is 5.97 Å². The van der Waals surface area contributed by atoms with Gasteiger partial charge in [0, 0.05) is 32.5 Å². The number of likely N-dealkylation sites (N-methyl/N-ethyl adjacent to an activating group) is 1. The van der Waals surface area contributed by atoms with Crippen molar-refractivity contribution in [3.8, 4) is 0 Å². The second kappa shape index (κ2) is 5.88. The van der Waals surface area contributed by atoms with E-state index in [-0.39, 0.29) is 24.2 Å². The summed E-state index contributed by atoms with van der Waals surface area (Å²) >= 11 is 0. The van der Waals surface area contributed by atoms with Gasteiger partial charge in [0.2, 0.25) is 5.91 Å². The van der Waals surface area contributed by atoms with E-state index in [4.69, 9.17) is 9.84 Å². The summed E-state index contributed by atoms with van der Waals surface area (Å²) in [6.45, 7) is 1.40. The zero-order valence-corrected chi connectivity index (χ0v) is 10.9. The third-order valence-corrected chi connectivity index (χ3v) is 3.49. The van der Waals surface area contributed by atoms with Gasteiger partial charge in [-0.15, -0.1) is 0 Å². The maximum atomic E-state index is 12.2. The van der Waals surface area contributed by atoms with Gasteiger partial charge in [0.05, 0.1) is 0 Å². The number of rotatable bonds is 4. The van der Waals surface area contributed by atoms with Gasteiger partial charge in [-0.05, 0) is 25.0 Å². The highest BCUT2D eigenvalue weighted by molar-refractivity contribution is 5.86. The number of nitrogens with zero attached hydrogens (tertiary/aromatic N) is 2. The Morgan fingerprint density at radius 1 is 1.47 bits per heavy atom. The topological polar surface area (TPSA) is 71.8 Å². The van der Waals surface area contributed by atoms with Gasteiger partial charge in [-0.3, -0.25) is 4.79 Å². The molecule has 0 aliphatic carbocycles. The van der Waals surface area contributed by atoms with Crippen LogP contribution in [0.25, 0.3) is 0 Å². The normalized spacial score (nSPS) is 16.3. The molecule has 0 atom stereocenters. The minimum atomic E-state index is -1.02. The van der Waals surface area contributed by atoms with Gasteiger partial charge < -0.3 is 19.3 Å². The number of carbonyl (C=O) groups excluding carboxylic acids is 1. The third-order valence-electron chi connectivity index (χ3n) is 3.49. The van der Waals surface area contributed by atoms with Crippen molar-refractivity contribution in [3.05, 3.63) is 24.0 Å². The summed E-state index contributed by atoms with van der Waals surface area (Å²) in [7, 11) is 1.77. The zero-order chi connectivity index (χ0) is 13.8. The molecule has 2 heterocycles. The molecule has 1 saturated heterocycles. The number of hydrogen-bond acceptors (Lipinski definition) is 3. The quantitative estimate of drug-likeness (QED) is 0.876. The maximum Gasteiger partial charge on any atom is 0.352 e. The monoisotopic (exact) mass is 266 g/mol. The van der Waals surface area contributed by atoms with Crippen molar-refractivity contribution in [2.45, 2.75) is 25.4 Å². The third kappa shape index (κ3) is 3.14. The SMILES string of the molecule is CN(C(=O)Cn1cccc1C(=O)O)C1CCOCC1. The average molecular weight is 266 g/mol. The maximum absolute atomic E-state index is 12.2. The van der Waals surface area contributed by atoms with Gasteiger partial charge in [0.1, 0.15) is 12.2 Å². The fourth-order valence-electron chi connectivity index (χ4n) is 2.28. The van der Waals surface area contributed by atoms with Crippen LogP contribution in [0.3, 0.4) is 0 Å². The first kappa shape index (κ1) is 13.6. The van der Waals surface area contributed by atoms with Crippen LogP contribution >= 0.6 is 0 Å². The lowest BCUT2D eigenvalue weighted by atomic mass is 10.1. The Labute approximate surface area is 111 Å². The number of carboxylic acid groups (broad SMARTS) is 1. The number of hydrogen-bond donors (Lipinski definition) is 1. The van der Waals surface area contributed by atoms with Crippen LogP contribution in [0.4, 0.5) is 0 Å². The van der Waals surface area contributed by atoms with Crippen molar-refractivity contribution in [2.24, 2.45) is 0 Å². The van der Waals surface area contributed by atoms with Crippen molar-refractivity contribution in [2.75, 3.05) is 20.3 Å². The summed E-state index contributed by atoms with van der Waals surface area (Å²) in [4.78, 5) is 24.8. The first-order valence-electron chi connectivity index (χ1n) is 6.31. The van der Waals surface area contributed by atoms with Crippen LogP contribution in [0.1, 0.15) is 23.3 Å². The van der Waals surface area contributed by atoms with Gasteiger partial charge in [-0.1, -0.05) is 0 Å². The smallest absolute Gasteiger partial charge is 0.352 e. The molecule has 1 aliphatic heterocycles. The molecular weight excluding hydrogens is 248 g/mol. The van der Waals surface area contributed by atoms with Crippen LogP contribution < -0.4 is 0 Å². The van der Waals surface area contributed by atoms with E-state index in [9.17, 15) is 9.59 Å². The second-order valence-electron chi connectivity index (χ2n) is 4.67. The lowest BCUT2D eigenvalue weighted by Crippen LogP contribution is -2.42. The van der Waals surface area contributed by atoms with E-state index in [1.807, 2.05) is 0 Å². The molecule has 0 aromatic carbocycles. The molecule has 1 aromatic rings. The minimum absolute atomic E-state index is 0.0580. The Kier molecular flexibility index (Phi) is 4.21. The van der Waals surface area contributed by atoms with E-state index in [1.54, 1.807) is 24.2 Å². The molecule has 1 N–H and O–H groups in total. The van der Waals surface area contributed by atoms with Crippen molar-refractivity contribution < 1.29 is 19.4 Å². The predicted molar refractivity (Wildman–Crippen MR) is 68.0 cm³/mol. The number of carbonyl (C=O) groups is 2. The Morgan fingerprint density at radius 3 is 2.79 bits per heavy atom. The van der Waals surface area contributed by atoms with E-state index in [0.29, 0.717) is 13.2 Å². The Bertz CT molecular complexity index is 463. The summed E-state index contributed by atoms with van der Waals surface area (Å²) in [5, 5.41) is 8.99. The van der Waals surface area contributed by atoms with Gasteiger partial charge in [-0.25, -0.2) is 4.79 Å². The molecule has 0 bridgehead atoms. The van der Waals surface area contributed by atoms with Crippen LogP contribution in [0.15, 0.2) is 18.3 Å². The van der Waals surface area contributed by atoms with E-state index in [2.05, 4.69) is 0 Å². The molecule has 6 nitrogen and oxygen atoms in total. The van der Waals surface area contributed by atoms with Crippen molar-refractivity contribution in [1.29, 1.82) is 0 Å². The average Bonchev–Trinajstić information content (AvgIpc) is 2.87. The predicted octanol–water partition coefficient (Wildman–Crippen LogP) is 0.824. The molecule has 19 heavy (non-hydrogen) atoms. The van der Waals surface area contributed by atoms with Gasteiger partial charge in [0.15, 0.2) is 0 Å². The van der Waals surface area contributed by atoms with Crippen LogP contribution in [-0.2, 0) is 16.1 Å². The second-order valence-corrected chi connectivity index (χ2v) is 4.67. The summed E-state index contributed by atoms with van der Waals surface area (Å²) in [6.07, 6.45) is 3.28. The molecule has 0 saturated carbocycles. The molecule has 2 rings (SSSR count). The summed E-state index contributed by atoms with van der Waals surface area (Å²) in [5.74, 6) is -1.10. The lowest BCUT2D eigenvalue weighted by molar-refractivity contribution is -0.134. The van der Waals surface area contributed by atoms with Gasteiger partial charge in [-0.2, -0.15) is 0 Å². The largest absolute Gasteiger partial charge is 0.477 e. The highest BCUT2D eigenvalue weighted by Crippen LogP contribution is 2.14. The molecule has 1 fully saturated rings. The van der Waals surface area contributed by atoms with Crippen molar-refractivity contribution in [1.82, 2.24) is 9.47 Å². The van der Waals surface area contributed by atoms with E-state index in [0.717, 1.165) is 12.8 Å². The number of aromatic carboxylic acids is 1. The van der Waals surface area contributed by atoms with Crippen LogP contribution in [-0.4, -0.2) is 52.8 Å². The first-order valence-corrected chi connectivity index (χ1v) is 6.31. The number of ether oxygens (including phenoxy) is 1. The number of carboxylic acids is 1. The van der Waals surface area contributed by atoms with Crippen molar-refractivity contribution >= 4 is 11.9 Å². The zero-order valence-electron chi connectivity index (χ0n) is 10.9. The Hall–Kier alpha value is -1.82. The van der Waals surface area contributed by atoms with E-state index in [1.165, 1.54) is 10.6 Å². The molecule has 0 spiro atoms. The molecule has 0 unspecified atom stereocenters. The Balaban J connectivity index is 1.99. The minimum Gasteiger partial charge on any atom is -0.477 e. The standard InChI is InChI=1S/C13H18N2O4/c1-14(10-4-7-19-8-5-10)12(16)9-15-6-2-3-11(15)13(17)18/h2-3,6,10H,4-5,7-9H2,1H3,(H,17,18). The number of aromatic nitrogens is 1. The molecular formula is C13H18N2O4. The van der Waals surface area contributed by atoms with Crippen molar-refractivity contribution in [3.63, 3.8) is 0 Å². The lowest BCUT2D eigenvalue weighted by Gasteiger charge is -2.31. The fraction of sp³-hybridized carbons (Fsp3) is 0.538. The molecule has 1 amide bonds.